The molecule has 0 radical (unpaired) electrons. The van der Waals surface area contributed by atoms with Crippen molar-refractivity contribution in [3.63, 3.8) is 0 Å². The van der Waals surface area contributed by atoms with E-state index in [1.165, 1.54) is 0 Å². The van der Waals surface area contributed by atoms with Crippen LogP contribution in [-0.4, -0.2) is 32.3 Å². The SMILES string of the molecule is Cc1cn(CCCCCCOc2ccc(C#Cc3ccc(C#Cc4ccc(OCCCCCCn5cc(C)c(=O)[nH]c5=O)cc4)cc3)cc2)c(=O)[nH]c1=O. The lowest BCUT2D eigenvalue weighted by atomic mass is 10.1. The summed E-state index contributed by atoms with van der Waals surface area (Å²) < 4.78 is 14.9. The number of unbranched alkanes of at least 4 members (excludes halogenated alkanes) is 6. The molecule has 10 nitrogen and oxygen atoms in total. The van der Waals surface area contributed by atoms with Crippen LogP contribution in [0.1, 0.15) is 84.7 Å². The Hall–Kier alpha value is -6.26. The number of ether oxygens (including phenoxy) is 2. The van der Waals surface area contributed by atoms with Gasteiger partial charge in [-0.25, -0.2) is 9.59 Å². The van der Waals surface area contributed by atoms with Gasteiger partial charge in [0.25, 0.3) is 11.1 Å². The van der Waals surface area contributed by atoms with E-state index >= 15 is 0 Å². The second-order valence-corrected chi connectivity index (χ2v) is 13.2. The normalized spacial score (nSPS) is 10.6. The van der Waals surface area contributed by atoms with Gasteiger partial charge in [0.05, 0.1) is 13.2 Å². The van der Waals surface area contributed by atoms with Crippen molar-refractivity contribution in [2.75, 3.05) is 13.2 Å². The van der Waals surface area contributed by atoms with Crippen molar-refractivity contribution in [3.05, 3.63) is 160 Å². The van der Waals surface area contributed by atoms with Crippen LogP contribution in [0.15, 0.2) is 104 Å². The molecule has 2 N–H and O–H groups in total. The van der Waals surface area contributed by atoms with Crippen LogP contribution in [0.3, 0.4) is 0 Å². The number of nitrogens with zero attached hydrogens (tertiary/aromatic N) is 2. The first-order chi connectivity index (χ1) is 26.2. The number of H-pyrrole nitrogens is 2. The summed E-state index contributed by atoms with van der Waals surface area (Å²) in [5.74, 6) is 14.4. The lowest BCUT2D eigenvalue weighted by molar-refractivity contribution is 0.304. The zero-order valence-electron chi connectivity index (χ0n) is 30.9. The molecule has 54 heavy (non-hydrogen) atoms. The van der Waals surface area contributed by atoms with Gasteiger partial charge in [0.15, 0.2) is 0 Å². The van der Waals surface area contributed by atoms with Crippen LogP contribution in [-0.2, 0) is 13.1 Å². The number of aromatic nitrogens is 4. The van der Waals surface area contributed by atoms with E-state index in [-0.39, 0.29) is 22.5 Å². The summed E-state index contributed by atoms with van der Waals surface area (Å²) in [4.78, 5) is 51.4. The summed E-state index contributed by atoms with van der Waals surface area (Å²) in [6, 6.07) is 23.4. The Morgan fingerprint density at radius 2 is 0.778 bits per heavy atom. The molecule has 0 aliphatic rings. The molecule has 3 aromatic carbocycles. The molecule has 5 rings (SSSR count). The van der Waals surface area contributed by atoms with E-state index in [0.29, 0.717) is 37.4 Å². The molecule has 278 valence electrons. The van der Waals surface area contributed by atoms with Gasteiger partial charge >= 0.3 is 11.4 Å². The average Bonchev–Trinajstić information content (AvgIpc) is 3.17. The fourth-order valence-electron chi connectivity index (χ4n) is 5.62. The van der Waals surface area contributed by atoms with Crippen molar-refractivity contribution in [2.24, 2.45) is 0 Å². The molecule has 0 bridgehead atoms. The maximum Gasteiger partial charge on any atom is 0.328 e. The molecule has 0 fully saturated rings. The number of nitrogens with one attached hydrogen (secondary N) is 2. The standard InChI is InChI=1S/C44H46N4O6/c1-33-31-47(43(51)45-41(33)49)27-7-3-5-9-29-53-39-23-19-37(20-24-39)17-15-35-11-13-36(14-12-35)16-18-38-21-25-40(26-22-38)54-30-10-6-4-8-28-48-32-34(2)42(50)46-44(48)52/h11-14,19-26,31-32H,3-10,27-30H2,1-2H3,(H,45,49,51)(H,46,50,52). The fraction of sp³-hybridized carbons (Fsp3) is 0.318. The molecule has 0 spiro atoms. The van der Waals surface area contributed by atoms with Gasteiger partial charge in [0, 0.05) is 58.9 Å². The summed E-state index contributed by atoms with van der Waals surface area (Å²) in [6.07, 6.45) is 10.7. The number of aryl methyl sites for hydroxylation is 4. The highest BCUT2D eigenvalue weighted by Crippen LogP contribution is 2.15. The Labute approximate surface area is 314 Å². The highest BCUT2D eigenvalue weighted by molar-refractivity contribution is 5.48. The molecule has 5 aromatic rings. The largest absolute Gasteiger partial charge is 0.494 e. The zero-order chi connectivity index (χ0) is 38.1. The molecule has 0 amide bonds. The van der Waals surface area contributed by atoms with E-state index in [1.54, 1.807) is 35.4 Å². The Bertz CT molecular complexity index is 2180. The van der Waals surface area contributed by atoms with Gasteiger partial charge < -0.3 is 18.6 Å². The lowest BCUT2D eigenvalue weighted by Gasteiger charge is -2.07. The second kappa shape index (κ2) is 20.1. The van der Waals surface area contributed by atoms with Crippen LogP contribution in [0.2, 0.25) is 0 Å². The van der Waals surface area contributed by atoms with Crippen molar-refractivity contribution < 1.29 is 9.47 Å². The van der Waals surface area contributed by atoms with E-state index in [9.17, 15) is 19.2 Å². The highest BCUT2D eigenvalue weighted by atomic mass is 16.5. The summed E-state index contributed by atoms with van der Waals surface area (Å²) in [5.41, 5.74) is 3.32. The maximum atomic E-state index is 11.9. The van der Waals surface area contributed by atoms with E-state index < -0.39 is 0 Å². The summed E-state index contributed by atoms with van der Waals surface area (Å²) >= 11 is 0. The molecule has 0 unspecified atom stereocenters. The van der Waals surface area contributed by atoms with Gasteiger partial charge in [0.2, 0.25) is 0 Å². The van der Waals surface area contributed by atoms with Gasteiger partial charge in [-0.2, -0.15) is 0 Å². The van der Waals surface area contributed by atoms with Gasteiger partial charge in [-0.1, -0.05) is 49.4 Å². The molecule has 0 aliphatic heterocycles. The quantitative estimate of drug-likeness (QED) is 0.0938. The van der Waals surface area contributed by atoms with Gasteiger partial charge in [0.1, 0.15) is 11.5 Å². The van der Waals surface area contributed by atoms with E-state index in [0.717, 1.165) is 85.1 Å². The Morgan fingerprint density at radius 1 is 0.463 bits per heavy atom. The van der Waals surface area contributed by atoms with Crippen LogP contribution >= 0.6 is 0 Å². The predicted octanol–water partition coefficient (Wildman–Crippen LogP) is 6.08. The van der Waals surface area contributed by atoms with Crippen LogP contribution < -0.4 is 32.0 Å². The Morgan fingerprint density at radius 3 is 1.13 bits per heavy atom. The van der Waals surface area contributed by atoms with Crippen LogP contribution in [0.25, 0.3) is 0 Å². The Balaban J connectivity index is 0.955. The van der Waals surface area contributed by atoms with Crippen molar-refractivity contribution >= 4 is 0 Å². The van der Waals surface area contributed by atoms with E-state index in [1.807, 2.05) is 72.8 Å². The molecular formula is C44H46N4O6. The number of hydrogen-bond acceptors (Lipinski definition) is 6. The first kappa shape index (κ1) is 39.0. The predicted molar refractivity (Wildman–Crippen MR) is 211 cm³/mol. The third-order valence-corrected chi connectivity index (χ3v) is 8.80. The summed E-state index contributed by atoms with van der Waals surface area (Å²) in [5, 5.41) is 0. The first-order valence-corrected chi connectivity index (χ1v) is 18.4. The number of benzene rings is 3. The molecule has 0 saturated carbocycles. The monoisotopic (exact) mass is 726 g/mol. The average molecular weight is 727 g/mol. The zero-order valence-corrected chi connectivity index (χ0v) is 30.9. The number of aromatic amines is 2. The van der Waals surface area contributed by atoms with Crippen molar-refractivity contribution in [1.82, 2.24) is 19.1 Å². The van der Waals surface area contributed by atoms with Crippen molar-refractivity contribution in [1.29, 1.82) is 0 Å². The van der Waals surface area contributed by atoms with Crippen molar-refractivity contribution in [3.8, 4) is 35.2 Å². The minimum absolute atomic E-state index is 0.330. The molecule has 10 heteroatoms. The third-order valence-electron chi connectivity index (χ3n) is 8.80. The highest BCUT2D eigenvalue weighted by Gasteiger charge is 2.03. The minimum atomic E-state index is -0.359. The number of rotatable bonds is 16. The molecule has 0 atom stereocenters. The molecule has 2 heterocycles. The molecule has 2 aromatic heterocycles. The summed E-state index contributed by atoms with van der Waals surface area (Å²) in [7, 11) is 0. The molecular weight excluding hydrogens is 681 g/mol. The Kier molecular flexibility index (Phi) is 14.5. The van der Waals surface area contributed by atoms with Gasteiger partial charge in [-0.05, 0) is 112 Å². The molecule has 0 aliphatic carbocycles. The van der Waals surface area contributed by atoms with E-state index in [4.69, 9.17) is 9.47 Å². The minimum Gasteiger partial charge on any atom is -0.494 e. The smallest absolute Gasteiger partial charge is 0.328 e. The van der Waals surface area contributed by atoms with E-state index in [2.05, 4.69) is 33.6 Å². The lowest BCUT2D eigenvalue weighted by Crippen LogP contribution is -2.30. The second-order valence-electron chi connectivity index (χ2n) is 13.2. The van der Waals surface area contributed by atoms with Crippen LogP contribution in [0, 0.1) is 37.5 Å². The summed E-state index contributed by atoms with van der Waals surface area (Å²) in [6.45, 7) is 5.81. The van der Waals surface area contributed by atoms with Crippen molar-refractivity contribution in [2.45, 2.75) is 78.3 Å². The number of hydrogen-bond donors (Lipinski definition) is 2. The topological polar surface area (TPSA) is 128 Å². The van der Waals surface area contributed by atoms with Gasteiger partial charge in [-0.15, -0.1) is 0 Å². The maximum absolute atomic E-state index is 11.9. The van der Waals surface area contributed by atoms with Crippen LogP contribution in [0.5, 0.6) is 11.5 Å². The third kappa shape index (κ3) is 12.5. The fourth-order valence-corrected chi connectivity index (χ4v) is 5.62. The van der Waals surface area contributed by atoms with Crippen LogP contribution in [0.4, 0.5) is 0 Å². The molecule has 0 saturated heterocycles. The first-order valence-electron chi connectivity index (χ1n) is 18.4. The van der Waals surface area contributed by atoms with Gasteiger partial charge in [-0.3, -0.25) is 19.6 Å².